The maximum absolute atomic E-state index is 12.6. The third-order valence-electron chi connectivity index (χ3n) is 4.22. The summed E-state index contributed by atoms with van der Waals surface area (Å²) in [7, 11) is 1.72. The SMILES string of the molecule is Cc1c(O)ccc2c(CN(C)Cc3nccn3CC(F)(F)F)cc(=O)oc12. The molecule has 0 fully saturated rings. The van der Waals surface area contributed by atoms with Gasteiger partial charge in [0.2, 0.25) is 0 Å². The number of fused-ring (bicyclic) bond motifs is 1. The molecule has 0 bridgehead atoms. The van der Waals surface area contributed by atoms with E-state index in [0.717, 1.165) is 4.57 Å². The predicted molar refractivity (Wildman–Crippen MR) is 92.3 cm³/mol. The first-order valence-electron chi connectivity index (χ1n) is 8.14. The van der Waals surface area contributed by atoms with E-state index in [1.54, 1.807) is 24.9 Å². The first-order valence-corrected chi connectivity index (χ1v) is 8.14. The van der Waals surface area contributed by atoms with E-state index < -0.39 is 18.3 Å². The van der Waals surface area contributed by atoms with Crippen LogP contribution in [0.5, 0.6) is 5.75 Å². The number of aromatic hydroxyl groups is 1. The minimum Gasteiger partial charge on any atom is -0.508 e. The number of benzene rings is 1. The molecule has 144 valence electrons. The van der Waals surface area contributed by atoms with Gasteiger partial charge in [-0.15, -0.1) is 0 Å². The quantitative estimate of drug-likeness (QED) is 0.688. The van der Waals surface area contributed by atoms with E-state index in [4.69, 9.17) is 4.42 Å². The second-order valence-electron chi connectivity index (χ2n) is 6.44. The summed E-state index contributed by atoms with van der Waals surface area (Å²) in [6.45, 7) is 1.00. The van der Waals surface area contributed by atoms with E-state index in [9.17, 15) is 23.1 Å². The summed E-state index contributed by atoms with van der Waals surface area (Å²) in [5.41, 5.74) is 0.846. The Morgan fingerprint density at radius 2 is 2.04 bits per heavy atom. The molecule has 0 spiro atoms. The van der Waals surface area contributed by atoms with Crippen molar-refractivity contribution in [3.8, 4) is 5.75 Å². The fourth-order valence-electron chi connectivity index (χ4n) is 2.96. The van der Waals surface area contributed by atoms with Gasteiger partial charge in [0.05, 0.1) is 6.54 Å². The van der Waals surface area contributed by atoms with Crippen molar-refractivity contribution in [1.29, 1.82) is 0 Å². The highest BCUT2D eigenvalue weighted by molar-refractivity contribution is 5.84. The Balaban J connectivity index is 1.85. The number of rotatable bonds is 5. The molecule has 0 atom stereocenters. The van der Waals surface area contributed by atoms with E-state index in [0.29, 0.717) is 28.6 Å². The largest absolute Gasteiger partial charge is 0.508 e. The van der Waals surface area contributed by atoms with Gasteiger partial charge < -0.3 is 14.1 Å². The van der Waals surface area contributed by atoms with Crippen molar-refractivity contribution in [1.82, 2.24) is 14.5 Å². The van der Waals surface area contributed by atoms with Gasteiger partial charge in [-0.25, -0.2) is 9.78 Å². The summed E-state index contributed by atoms with van der Waals surface area (Å²) in [6.07, 6.45) is -1.72. The molecule has 0 unspecified atom stereocenters. The van der Waals surface area contributed by atoms with Crippen LogP contribution in [0.1, 0.15) is 17.0 Å². The van der Waals surface area contributed by atoms with Gasteiger partial charge in [-0.3, -0.25) is 4.90 Å². The number of halogens is 3. The van der Waals surface area contributed by atoms with Crippen molar-refractivity contribution in [2.24, 2.45) is 0 Å². The highest BCUT2D eigenvalue weighted by Gasteiger charge is 2.29. The van der Waals surface area contributed by atoms with Gasteiger partial charge in [0.15, 0.2) is 0 Å². The number of hydrogen-bond donors (Lipinski definition) is 1. The summed E-state index contributed by atoms with van der Waals surface area (Å²) in [5, 5.41) is 10.5. The lowest BCUT2D eigenvalue weighted by Gasteiger charge is -2.19. The van der Waals surface area contributed by atoms with Crippen molar-refractivity contribution in [2.75, 3.05) is 7.05 Å². The van der Waals surface area contributed by atoms with Crippen LogP contribution in [0.4, 0.5) is 13.2 Å². The zero-order valence-electron chi connectivity index (χ0n) is 14.7. The molecule has 0 aliphatic rings. The van der Waals surface area contributed by atoms with Crippen LogP contribution in [0.2, 0.25) is 0 Å². The van der Waals surface area contributed by atoms with E-state index in [2.05, 4.69) is 4.98 Å². The Labute approximate surface area is 152 Å². The Hall–Kier alpha value is -2.81. The Kier molecular flexibility index (Phi) is 4.97. The van der Waals surface area contributed by atoms with Crippen LogP contribution in [0.3, 0.4) is 0 Å². The fraction of sp³-hybridized carbons (Fsp3) is 0.333. The highest BCUT2D eigenvalue weighted by Crippen LogP contribution is 2.28. The maximum Gasteiger partial charge on any atom is 0.406 e. The lowest BCUT2D eigenvalue weighted by Crippen LogP contribution is -2.24. The van der Waals surface area contributed by atoms with Crippen LogP contribution >= 0.6 is 0 Å². The second kappa shape index (κ2) is 7.07. The molecular formula is C18H18F3N3O3. The summed E-state index contributed by atoms with van der Waals surface area (Å²) in [5.74, 6) is 0.293. The topological polar surface area (TPSA) is 71.5 Å². The number of aryl methyl sites for hydroxylation is 1. The van der Waals surface area contributed by atoms with Gasteiger partial charge >= 0.3 is 11.8 Å². The van der Waals surface area contributed by atoms with Gasteiger partial charge in [0, 0.05) is 36.0 Å². The Bertz CT molecular complexity index is 1020. The molecule has 3 aromatic rings. The number of nitrogens with zero attached hydrogens (tertiary/aromatic N) is 3. The lowest BCUT2D eigenvalue weighted by atomic mass is 10.1. The number of aromatic nitrogens is 2. The molecule has 0 aliphatic heterocycles. The summed E-state index contributed by atoms with van der Waals surface area (Å²) < 4.78 is 44.2. The van der Waals surface area contributed by atoms with Crippen LogP contribution in [-0.4, -0.2) is 32.8 Å². The minimum absolute atomic E-state index is 0.0188. The molecule has 27 heavy (non-hydrogen) atoms. The normalized spacial score (nSPS) is 12.2. The summed E-state index contributed by atoms with van der Waals surface area (Å²) in [4.78, 5) is 17.6. The van der Waals surface area contributed by atoms with Crippen LogP contribution < -0.4 is 5.63 Å². The molecule has 2 heterocycles. The number of alkyl halides is 3. The van der Waals surface area contributed by atoms with Gasteiger partial charge in [-0.05, 0) is 31.7 Å². The molecule has 2 aromatic heterocycles. The van der Waals surface area contributed by atoms with Crippen molar-refractivity contribution in [3.05, 3.63) is 58.0 Å². The average Bonchev–Trinajstić information content (AvgIpc) is 2.96. The highest BCUT2D eigenvalue weighted by atomic mass is 19.4. The standard InChI is InChI=1S/C18H18F3N3O3/c1-11-14(25)4-3-13-12(7-16(26)27-17(11)13)8-23(2)9-15-22-5-6-24(15)10-18(19,20)21/h3-7,25H,8-10H2,1-2H3. The van der Waals surface area contributed by atoms with E-state index in [1.165, 1.54) is 24.5 Å². The smallest absolute Gasteiger partial charge is 0.406 e. The first-order chi connectivity index (χ1) is 12.6. The Morgan fingerprint density at radius 3 is 2.74 bits per heavy atom. The molecule has 3 rings (SSSR count). The summed E-state index contributed by atoms with van der Waals surface area (Å²) in [6, 6.07) is 4.50. The Morgan fingerprint density at radius 1 is 1.30 bits per heavy atom. The van der Waals surface area contributed by atoms with Crippen molar-refractivity contribution in [2.45, 2.75) is 32.7 Å². The lowest BCUT2D eigenvalue weighted by molar-refractivity contribution is -0.141. The molecular weight excluding hydrogens is 363 g/mol. The number of phenols is 1. The number of hydrogen-bond acceptors (Lipinski definition) is 5. The zero-order chi connectivity index (χ0) is 19.8. The van der Waals surface area contributed by atoms with Gasteiger partial charge in [0.1, 0.15) is 23.7 Å². The average molecular weight is 381 g/mol. The number of phenolic OH excluding ortho intramolecular Hbond substituents is 1. The third kappa shape index (κ3) is 4.30. The van der Waals surface area contributed by atoms with Crippen LogP contribution in [0.25, 0.3) is 11.0 Å². The molecule has 0 saturated carbocycles. The molecule has 6 nitrogen and oxygen atoms in total. The zero-order valence-corrected chi connectivity index (χ0v) is 14.7. The molecule has 1 aromatic carbocycles. The molecule has 0 aliphatic carbocycles. The van der Waals surface area contributed by atoms with Crippen LogP contribution in [-0.2, 0) is 19.6 Å². The molecule has 1 N–H and O–H groups in total. The number of imidazole rings is 1. The van der Waals surface area contributed by atoms with Crippen molar-refractivity contribution in [3.63, 3.8) is 0 Å². The predicted octanol–water partition coefficient (Wildman–Crippen LogP) is 3.20. The van der Waals surface area contributed by atoms with E-state index in [-0.39, 0.29) is 18.1 Å². The van der Waals surface area contributed by atoms with Crippen LogP contribution in [0, 0.1) is 6.92 Å². The van der Waals surface area contributed by atoms with E-state index >= 15 is 0 Å². The fourth-order valence-corrected chi connectivity index (χ4v) is 2.96. The molecule has 0 amide bonds. The van der Waals surface area contributed by atoms with E-state index in [1.807, 2.05) is 0 Å². The summed E-state index contributed by atoms with van der Waals surface area (Å²) >= 11 is 0. The maximum atomic E-state index is 12.6. The molecule has 0 saturated heterocycles. The monoisotopic (exact) mass is 381 g/mol. The van der Waals surface area contributed by atoms with Crippen molar-refractivity contribution < 1.29 is 22.7 Å². The molecule has 9 heteroatoms. The first kappa shape index (κ1) is 19.0. The third-order valence-corrected chi connectivity index (χ3v) is 4.22. The molecule has 0 radical (unpaired) electrons. The van der Waals surface area contributed by atoms with Crippen LogP contribution in [0.15, 0.2) is 39.8 Å². The minimum atomic E-state index is -4.33. The van der Waals surface area contributed by atoms with Gasteiger partial charge in [-0.2, -0.15) is 13.2 Å². The van der Waals surface area contributed by atoms with Gasteiger partial charge in [-0.1, -0.05) is 0 Å². The van der Waals surface area contributed by atoms with Crippen molar-refractivity contribution >= 4 is 11.0 Å². The second-order valence-corrected chi connectivity index (χ2v) is 6.44. The van der Waals surface area contributed by atoms with Gasteiger partial charge in [0.25, 0.3) is 0 Å².